The van der Waals surface area contributed by atoms with Crippen LogP contribution in [-0.2, 0) is 11.2 Å². The van der Waals surface area contributed by atoms with Gasteiger partial charge in [-0.1, -0.05) is 12.1 Å². The lowest BCUT2D eigenvalue weighted by Crippen LogP contribution is -2.38. The minimum absolute atomic E-state index is 0.318. The van der Waals surface area contributed by atoms with E-state index in [4.69, 9.17) is 9.47 Å². The number of amides is 1. The smallest absolute Gasteiger partial charge is 0.222 e. The summed E-state index contributed by atoms with van der Waals surface area (Å²) in [5, 5.41) is 0. The van der Waals surface area contributed by atoms with E-state index in [1.807, 2.05) is 12.1 Å². The van der Waals surface area contributed by atoms with Gasteiger partial charge in [0.25, 0.3) is 0 Å². The zero-order chi connectivity index (χ0) is 17.8. The molecule has 2 aliphatic rings. The fourth-order valence-electron chi connectivity index (χ4n) is 4.30. The van der Waals surface area contributed by atoms with Crippen LogP contribution in [0.25, 0.3) is 0 Å². The highest BCUT2D eigenvalue weighted by Gasteiger charge is 2.33. The molecule has 25 heavy (non-hydrogen) atoms. The highest BCUT2D eigenvalue weighted by Crippen LogP contribution is 2.33. The van der Waals surface area contributed by atoms with Crippen molar-refractivity contribution in [3.05, 3.63) is 23.8 Å². The molecule has 0 aliphatic carbocycles. The molecule has 0 unspecified atom stereocenters. The number of fused-ring (bicyclic) bond motifs is 1. The van der Waals surface area contributed by atoms with Gasteiger partial charge in [-0.25, -0.2) is 0 Å². The molecule has 3 rings (SSSR count). The average Bonchev–Trinajstić information content (AvgIpc) is 2.77. The zero-order valence-electron chi connectivity index (χ0n) is 15.7. The summed E-state index contributed by atoms with van der Waals surface area (Å²) in [5.74, 6) is 3.08. The van der Waals surface area contributed by atoms with Gasteiger partial charge in [-0.05, 0) is 56.3 Å². The van der Waals surface area contributed by atoms with E-state index >= 15 is 0 Å². The van der Waals surface area contributed by atoms with Crippen LogP contribution < -0.4 is 9.47 Å². The van der Waals surface area contributed by atoms with Gasteiger partial charge in [-0.15, -0.1) is 0 Å². The molecule has 2 saturated heterocycles. The number of piperidine rings is 1. The van der Waals surface area contributed by atoms with E-state index in [0.717, 1.165) is 62.5 Å². The Morgan fingerprint density at radius 3 is 2.68 bits per heavy atom. The second kappa shape index (κ2) is 8.09. The molecule has 0 bridgehead atoms. The summed E-state index contributed by atoms with van der Waals surface area (Å²) < 4.78 is 10.9. The highest BCUT2D eigenvalue weighted by atomic mass is 16.5. The van der Waals surface area contributed by atoms with E-state index in [2.05, 4.69) is 22.9 Å². The molecule has 2 fully saturated rings. The third-order valence-electron chi connectivity index (χ3n) is 5.79. The molecule has 0 N–H and O–H groups in total. The van der Waals surface area contributed by atoms with Crippen LogP contribution in [0.5, 0.6) is 11.5 Å². The topological polar surface area (TPSA) is 42.0 Å². The second-order valence-electron chi connectivity index (χ2n) is 7.35. The van der Waals surface area contributed by atoms with Gasteiger partial charge in [-0.3, -0.25) is 4.79 Å². The molecule has 2 atom stereocenters. The van der Waals surface area contributed by atoms with Gasteiger partial charge in [-0.2, -0.15) is 0 Å². The Morgan fingerprint density at radius 1 is 1.12 bits per heavy atom. The first-order valence-electron chi connectivity index (χ1n) is 9.28. The SMILES string of the molecule is COc1cccc(CCN2CC[C@H]3CN(C)CC[C@H]3CC2=O)c1OC. The highest BCUT2D eigenvalue weighted by molar-refractivity contribution is 5.76. The van der Waals surface area contributed by atoms with Crippen LogP contribution in [0.4, 0.5) is 0 Å². The molecule has 1 aromatic rings. The number of hydrogen-bond acceptors (Lipinski definition) is 4. The number of hydrogen-bond donors (Lipinski definition) is 0. The van der Waals surface area contributed by atoms with Crippen molar-refractivity contribution in [2.75, 3.05) is 47.4 Å². The summed E-state index contributed by atoms with van der Waals surface area (Å²) in [6, 6.07) is 5.93. The van der Waals surface area contributed by atoms with Gasteiger partial charge >= 0.3 is 0 Å². The maximum atomic E-state index is 12.7. The molecule has 0 spiro atoms. The lowest BCUT2D eigenvalue weighted by Gasteiger charge is -2.35. The first-order valence-corrected chi connectivity index (χ1v) is 9.28. The molecule has 2 aliphatic heterocycles. The summed E-state index contributed by atoms with van der Waals surface area (Å²) in [4.78, 5) is 17.2. The Bertz CT molecular complexity index is 605. The number of carbonyl (C=O) groups excluding carboxylic acids is 1. The monoisotopic (exact) mass is 346 g/mol. The lowest BCUT2D eigenvalue weighted by atomic mass is 9.82. The summed E-state index contributed by atoms with van der Waals surface area (Å²) in [6.07, 6.45) is 3.79. The van der Waals surface area contributed by atoms with Gasteiger partial charge < -0.3 is 19.3 Å². The predicted molar refractivity (Wildman–Crippen MR) is 98.2 cm³/mol. The second-order valence-corrected chi connectivity index (χ2v) is 7.35. The van der Waals surface area contributed by atoms with Crippen molar-refractivity contribution in [2.45, 2.75) is 25.7 Å². The Labute approximate surface area is 150 Å². The molecule has 1 amide bonds. The standard InChI is InChI=1S/C20H30N2O3/c1-21-10-7-16-13-19(23)22(12-9-17(16)14-21)11-8-15-5-4-6-18(24-2)20(15)25-3/h4-6,16-17H,7-14H2,1-3H3/t16-,17-/m0/s1. The van der Waals surface area contributed by atoms with Crippen molar-refractivity contribution in [2.24, 2.45) is 11.8 Å². The molecule has 138 valence electrons. The molecule has 0 saturated carbocycles. The number of nitrogens with zero attached hydrogens (tertiary/aromatic N) is 2. The van der Waals surface area contributed by atoms with Crippen LogP contribution in [-0.4, -0.2) is 63.2 Å². The number of methoxy groups -OCH3 is 2. The van der Waals surface area contributed by atoms with Crippen LogP contribution in [0, 0.1) is 11.8 Å². The van der Waals surface area contributed by atoms with Crippen LogP contribution in [0.15, 0.2) is 18.2 Å². The first kappa shape index (κ1) is 18.1. The Kier molecular flexibility index (Phi) is 5.84. The van der Waals surface area contributed by atoms with Gasteiger partial charge in [0.05, 0.1) is 14.2 Å². The number of para-hydroxylation sites is 1. The third-order valence-corrected chi connectivity index (χ3v) is 5.79. The van der Waals surface area contributed by atoms with E-state index in [9.17, 15) is 4.79 Å². The Morgan fingerprint density at radius 2 is 1.92 bits per heavy atom. The van der Waals surface area contributed by atoms with Gasteiger partial charge in [0.1, 0.15) is 0 Å². The van der Waals surface area contributed by atoms with Crippen molar-refractivity contribution in [1.29, 1.82) is 0 Å². The molecule has 1 aromatic carbocycles. The molecular formula is C20H30N2O3. The Hall–Kier alpha value is -1.75. The minimum atomic E-state index is 0.318. The van der Waals surface area contributed by atoms with Crippen molar-refractivity contribution in [1.82, 2.24) is 9.80 Å². The number of benzene rings is 1. The van der Waals surface area contributed by atoms with Crippen LogP contribution in [0.3, 0.4) is 0 Å². The number of rotatable bonds is 5. The lowest BCUT2D eigenvalue weighted by molar-refractivity contribution is -0.131. The molecule has 5 heteroatoms. The van der Waals surface area contributed by atoms with E-state index in [-0.39, 0.29) is 0 Å². The quantitative estimate of drug-likeness (QED) is 0.821. The van der Waals surface area contributed by atoms with Gasteiger partial charge in [0.15, 0.2) is 11.5 Å². The average molecular weight is 346 g/mol. The zero-order valence-corrected chi connectivity index (χ0v) is 15.7. The molecule has 0 radical (unpaired) electrons. The van der Waals surface area contributed by atoms with Crippen molar-refractivity contribution in [3.8, 4) is 11.5 Å². The first-order chi connectivity index (χ1) is 12.1. The fourth-order valence-corrected chi connectivity index (χ4v) is 4.30. The maximum Gasteiger partial charge on any atom is 0.222 e. The number of likely N-dealkylation sites (tertiary alicyclic amines) is 2. The van der Waals surface area contributed by atoms with E-state index in [0.29, 0.717) is 24.2 Å². The number of ether oxygens (including phenoxy) is 2. The van der Waals surface area contributed by atoms with Gasteiger partial charge in [0, 0.05) is 26.1 Å². The Balaban J connectivity index is 1.64. The molecule has 5 nitrogen and oxygen atoms in total. The van der Waals surface area contributed by atoms with E-state index < -0.39 is 0 Å². The molecular weight excluding hydrogens is 316 g/mol. The summed E-state index contributed by atoms with van der Waals surface area (Å²) in [6.45, 7) is 3.88. The van der Waals surface area contributed by atoms with Crippen molar-refractivity contribution in [3.63, 3.8) is 0 Å². The van der Waals surface area contributed by atoms with E-state index in [1.54, 1.807) is 14.2 Å². The third kappa shape index (κ3) is 4.09. The number of carbonyl (C=O) groups is 1. The predicted octanol–water partition coefficient (Wildman–Crippen LogP) is 2.44. The van der Waals surface area contributed by atoms with Crippen LogP contribution in [0.2, 0.25) is 0 Å². The fraction of sp³-hybridized carbons (Fsp3) is 0.650. The largest absolute Gasteiger partial charge is 0.493 e. The van der Waals surface area contributed by atoms with Crippen LogP contribution >= 0.6 is 0 Å². The maximum absolute atomic E-state index is 12.7. The van der Waals surface area contributed by atoms with E-state index in [1.165, 1.54) is 0 Å². The van der Waals surface area contributed by atoms with Crippen LogP contribution in [0.1, 0.15) is 24.8 Å². The molecule has 2 heterocycles. The van der Waals surface area contributed by atoms with Gasteiger partial charge in [0.2, 0.25) is 5.91 Å². The minimum Gasteiger partial charge on any atom is -0.493 e. The normalized spacial score (nSPS) is 24.6. The van der Waals surface area contributed by atoms with Crippen molar-refractivity contribution >= 4 is 5.91 Å². The van der Waals surface area contributed by atoms with Crippen molar-refractivity contribution < 1.29 is 14.3 Å². The summed E-state index contributed by atoms with van der Waals surface area (Å²) in [5.41, 5.74) is 1.09. The summed E-state index contributed by atoms with van der Waals surface area (Å²) >= 11 is 0. The molecule has 0 aromatic heterocycles. The summed E-state index contributed by atoms with van der Waals surface area (Å²) in [7, 11) is 5.51.